The second kappa shape index (κ2) is 6.37. The smallest absolute Gasteiger partial charge is 0.410 e. The van der Waals surface area contributed by atoms with Crippen molar-refractivity contribution in [3.05, 3.63) is 30.3 Å². The summed E-state index contributed by atoms with van der Waals surface area (Å²) in [5, 5.41) is 0. The average molecular weight is 291 g/mol. The van der Waals surface area contributed by atoms with E-state index >= 15 is 0 Å². The summed E-state index contributed by atoms with van der Waals surface area (Å²) in [5.41, 5.74) is -0.465. The lowest BCUT2D eigenvalue weighted by Gasteiger charge is -2.28. The predicted octanol–water partition coefficient (Wildman–Crippen LogP) is 3.71. The van der Waals surface area contributed by atoms with Gasteiger partial charge in [-0.15, -0.1) is 0 Å². The fraction of sp³-hybridized carbons (Fsp3) is 0.588. The average Bonchev–Trinajstić information content (AvgIpc) is 2.77. The SMILES string of the molecule is C[C@@H]1C[C@H](COc2ccccc2)N(C(=O)OC(C)(C)C)C1. The van der Waals surface area contributed by atoms with Crippen molar-refractivity contribution in [3.63, 3.8) is 0 Å². The van der Waals surface area contributed by atoms with Gasteiger partial charge in [0.05, 0.1) is 6.04 Å². The van der Waals surface area contributed by atoms with Crippen LogP contribution in [-0.4, -0.2) is 35.8 Å². The van der Waals surface area contributed by atoms with Crippen molar-refractivity contribution in [3.8, 4) is 5.75 Å². The van der Waals surface area contributed by atoms with Gasteiger partial charge in [-0.25, -0.2) is 4.79 Å². The normalized spacial score (nSPS) is 22.2. The number of carbonyl (C=O) groups is 1. The van der Waals surface area contributed by atoms with Gasteiger partial charge in [-0.1, -0.05) is 25.1 Å². The number of carbonyl (C=O) groups excluding carboxylic acids is 1. The molecule has 1 heterocycles. The third-order valence-electron chi connectivity index (χ3n) is 3.44. The summed E-state index contributed by atoms with van der Waals surface area (Å²) in [5.74, 6) is 1.31. The van der Waals surface area contributed by atoms with Gasteiger partial charge in [0.25, 0.3) is 0 Å². The van der Waals surface area contributed by atoms with E-state index in [2.05, 4.69) is 6.92 Å². The lowest BCUT2D eigenvalue weighted by Crippen LogP contribution is -2.42. The van der Waals surface area contributed by atoms with Crippen LogP contribution in [-0.2, 0) is 4.74 Å². The van der Waals surface area contributed by atoms with Gasteiger partial charge < -0.3 is 14.4 Å². The Hall–Kier alpha value is -1.71. The molecule has 4 heteroatoms. The van der Waals surface area contributed by atoms with Crippen LogP contribution in [0.15, 0.2) is 30.3 Å². The van der Waals surface area contributed by atoms with Crippen LogP contribution in [0, 0.1) is 5.92 Å². The third-order valence-corrected chi connectivity index (χ3v) is 3.44. The van der Waals surface area contributed by atoms with Gasteiger partial charge >= 0.3 is 6.09 Å². The number of ether oxygens (including phenoxy) is 2. The van der Waals surface area contributed by atoms with Crippen molar-refractivity contribution in [2.24, 2.45) is 5.92 Å². The molecule has 1 aromatic carbocycles. The fourth-order valence-corrected chi connectivity index (χ4v) is 2.56. The third kappa shape index (κ3) is 4.66. The molecular formula is C17H25NO3. The predicted molar refractivity (Wildman–Crippen MR) is 82.4 cm³/mol. The topological polar surface area (TPSA) is 38.8 Å². The van der Waals surface area contributed by atoms with Gasteiger partial charge in [-0.2, -0.15) is 0 Å². The number of hydrogen-bond donors (Lipinski definition) is 0. The number of rotatable bonds is 3. The maximum atomic E-state index is 12.3. The molecule has 2 rings (SSSR count). The molecule has 1 aliphatic heterocycles. The van der Waals surface area contributed by atoms with Gasteiger partial charge in [0.15, 0.2) is 0 Å². The van der Waals surface area contributed by atoms with Crippen molar-refractivity contribution < 1.29 is 14.3 Å². The minimum atomic E-state index is -0.465. The Morgan fingerprint density at radius 3 is 2.57 bits per heavy atom. The number of para-hydroxylation sites is 1. The molecule has 2 atom stereocenters. The van der Waals surface area contributed by atoms with Crippen LogP contribution in [0.2, 0.25) is 0 Å². The number of hydrogen-bond acceptors (Lipinski definition) is 3. The van der Waals surface area contributed by atoms with Gasteiger partial charge in [-0.3, -0.25) is 0 Å². The molecule has 0 N–H and O–H groups in total. The van der Waals surface area contributed by atoms with Crippen LogP contribution in [0.5, 0.6) is 5.75 Å². The lowest BCUT2D eigenvalue weighted by atomic mass is 10.1. The van der Waals surface area contributed by atoms with Crippen molar-refractivity contribution in [2.75, 3.05) is 13.2 Å². The molecule has 21 heavy (non-hydrogen) atoms. The molecule has 0 bridgehead atoms. The lowest BCUT2D eigenvalue weighted by molar-refractivity contribution is 0.0184. The summed E-state index contributed by atoms with van der Waals surface area (Å²) in [7, 11) is 0. The van der Waals surface area contributed by atoms with Gasteiger partial charge in [0.2, 0.25) is 0 Å². The molecule has 1 amide bonds. The van der Waals surface area contributed by atoms with Crippen LogP contribution in [0.25, 0.3) is 0 Å². The summed E-state index contributed by atoms with van der Waals surface area (Å²) in [6.45, 7) is 9.06. The Balaban J connectivity index is 1.95. The molecule has 1 fully saturated rings. The highest BCUT2D eigenvalue weighted by Gasteiger charge is 2.36. The van der Waals surface area contributed by atoms with E-state index < -0.39 is 5.60 Å². The Morgan fingerprint density at radius 2 is 1.95 bits per heavy atom. The minimum Gasteiger partial charge on any atom is -0.491 e. The standard InChI is InChI=1S/C17H25NO3/c1-13-10-14(12-20-15-8-6-5-7-9-15)18(11-13)16(19)21-17(2,3)4/h5-9,13-14H,10-12H2,1-4H3/t13-,14-/m1/s1. The van der Waals surface area contributed by atoms with E-state index in [1.165, 1.54) is 0 Å². The molecule has 0 saturated carbocycles. The van der Waals surface area contributed by atoms with Crippen LogP contribution < -0.4 is 4.74 Å². The quantitative estimate of drug-likeness (QED) is 0.852. The van der Waals surface area contributed by atoms with E-state index in [1.807, 2.05) is 51.1 Å². The summed E-state index contributed by atoms with van der Waals surface area (Å²) < 4.78 is 11.3. The molecule has 0 aliphatic carbocycles. The largest absolute Gasteiger partial charge is 0.491 e. The zero-order valence-electron chi connectivity index (χ0n) is 13.3. The zero-order chi connectivity index (χ0) is 15.5. The molecule has 0 aromatic heterocycles. The molecule has 1 saturated heterocycles. The van der Waals surface area contributed by atoms with Crippen molar-refractivity contribution >= 4 is 6.09 Å². The monoisotopic (exact) mass is 291 g/mol. The molecule has 116 valence electrons. The van der Waals surface area contributed by atoms with Crippen LogP contribution in [0.4, 0.5) is 4.79 Å². The summed E-state index contributed by atoms with van der Waals surface area (Å²) >= 11 is 0. The van der Waals surface area contributed by atoms with Gasteiger partial charge in [0, 0.05) is 6.54 Å². The summed E-state index contributed by atoms with van der Waals surface area (Å²) in [6, 6.07) is 9.77. The maximum absolute atomic E-state index is 12.3. The first-order valence-electron chi connectivity index (χ1n) is 7.52. The molecule has 0 spiro atoms. The van der Waals surface area contributed by atoms with E-state index in [4.69, 9.17) is 9.47 Å². The summed E-state index contributed by atoms with van der Waals surface area (Å²) in [6.07, 6.45) is 0.708. The first-order valence-corrected chi connectivity index (χ1v) is 7.52. The van der Waals surface area contributed by atoms with Crippen molar-refractivity contribution in [1.29, 1.82) is 0 Å². The highest BCUT2D eigenvalue weighted by Crippen LogP contribution is 2.25. The number of amides is 1. The fourth-order valence-electron chi connectivity index (χ4n) is 2.56. The Kier molecular flexibility index (Phi) is 4.76. The number of benzene rings is 1. The van der Waals surface area contributed by atoms with E-state index in [-0.39, 0.29) is 12.1 Å². The first kappa shape index (κ1) is 15.7. The Morgan fingerprint density at radius 1 is 1.29 bits per heavy atom. The van der Waals surface area contributed by atoms with E-state index in [1.54, 1.807) is 4.90 Å². The Labute approximate surface area is 127 Å². The van der Waals surface area contributed by atoms with Crippen molar-refractivity contribution in [1.82, 2.24) is 4.90 Å². The van der Waals surface area contributed by atoms with Gasteiger partial charge in [0.1, 0.15) is 18.0 Å². The van der Waals surface area contributed by atoms with Crippen LogP contribution in [0.1, 0.15) is 34.1 Å². The molecule has 1 aromatic rings. The highest BCUT2D eigenvalue weighted by atomic mass is 16.6. The second-order valence-electron chi connectivity index (χ2n) is 6.75. The van der Waals surface area contributed by atoms with Gasteiger partial charge in [-0.05, 0) is 45.2 Å². The molecular weight excluding hydrogens is 266 g/mol. The molecule has 1 aliphatic rings. The molecule has 0 radical (unpaired) electrons. The summed E-state index contributed by atoms with van der Waals surface area (Å²) in [4.78, 5) is 14.1. The minimum absolute atomic E-state index is 0.0788. The van der Waals surface area contributed by atoms with E-state index in [0.717, 1.165) is 18.7 Å². The maximum Gasteiger partial charge on any atom is 0.410 e. The number of nitrogens with zero attached hydrogens (tertiary/aromatic N) is 1. The number of likely N-dealkylation sites (tertiary alicyclic amines) is 1. The molecule has 4 nitrogen and oxygen atoms in total. The highest BCUT2D eigenvalue weighted by molar-refractivity contribution is 5.69. The van der Waals surface area contributed by atoms with E-state index in [9.17, 15) is 4.79 Å². The molecule has 0 unspecified atom stereocenters. The zero-order valence-corrected chi connectivity index (χ0v) is 13.3. The van der Waals surface area contributed by atoms with Crippen LogP contribution in [0.3, 0.4) is 0 Å². The van der Waals surface area contributed by atoms with E-state index in [0.29, 0.717) is 12.5 Å². The van der Waals surface area contributed by atoms with Crippen LogP contribution >= 0.6 is 0 Å². The second-order valence-corrected chi connectivity index (χ2v) is 6.75. The Bertz CT molecular complexity index is 467. The van der Waals surface area contributed by atoms with Crippen molar-refractivity contribution in [2.45, 2.75) is 45.8 Å². The first-order chi connectivity index (χ1) is 9.85.